The van der Waals surface area contributed by atoms with Gasteiger partial charge in [0.15, 0.2) is 0 Å². The summed E-state index contributed by atoms with van der Waals surface area (Å²) < 4.78 is 0. The highest BCUT2D eigenvalue weighted by Crippen LogP contribution is 2.44. The van der Waals surface area contributed by atoms with Gasteiger partial charge < -0.3 is 10.2 Å². The average molecular weight is 450 g/mol. The quantitative estimate of drug-likeness (QED) is 0.236. The van der Waals surface area contributed by atoms with Crippen LogP contribution in [0, 0.1) is 13.8 Å². The molecule has 4 aromatic rings. The number of Topliss-reactive ketones (excluding diaryl/α,β-unsaturated/α-hetero) is 1. The van der Waals surface area contributed by atoms with Crippen LogP contribution >= 0.6 is 0 Å². The van der Waals surface area contributed by atoms with Crippen LogP contribution in [0.25, 0.3) is 16.5 Å². The number of aryl methyl sites for hydroxylation is 2. The predicted molar refractivity (Wildman–Crippen MR) is 133 cm³/mol. The Kier molecular flexibility index (Phi) is 5.17. The summed E-state index contributed by atoms with van der Waals surface area (Å²) in [5.74, 6) is -1.60. The third-order valence-corrected chi connectivity index (χ3v) is 6.32. The molecule has 1 aliphatic rings. The third-order valence-electron chi connectivity index (χ3n) is 6.32. The second-order valence-corrected chi connectivity index (χ2v) is 8.58. The number of hydrogen-bond donors (Lipinski definition) is 2. The molecule has 1 saturated heterocycles. The molecule has 4 aromatic carbocycles. The van der Waals surface area contributed by atoms with Crippen molar-refractivity contribution in [2.24, 2.45) is 0 Å². The number of phenols is 1. The monoisotopic (exact) mass is 449 g/mol. The van der Waals surface area contributed by atoms with Crippen LogP contribution in [0.4, 0.5) is 5.69 Å². The highest BCUT2D eigenvalue weighted by molar-refractivity contribution is 6.52. The second kappa shape index (κ2) is 8.19. The lowest BCUT2D eigenvalue weighted by molar-refractivity contribution is -0.132. The van der Waals surface area contributed by atoms with E-state index in [1.165, 1.54) is 17.0 Å². The van der Waals surface area contributed by atoms with E-state index in [2.05, 4.69) is 0 Å². The third kappa shape index (κ3) is 3.42. The maximum Gasteiger partial charge on any atom is 0.300 e. The number of nitrogens with zero attached hydrogens (tertiary/aromatic N) is 1. The van der Waals surface area contributed by atoms with E-state index in [-0.39, 0.29) is 17.1 Å². The Morgan fingerprint density at radius 1 is 0.853 bits per heavy atom. The number of anilines is 1. The Hall–Kier alpha value is -4.38. The predicted octanol–water partition coefficient (Wildman–Crippen LogP) is 5.79. The summed E-state index contributed by atoms with van der Waals surface area (Å²) in [6.45, 7) is 3.80. The normalized spacial score (nSPS) is 17.5. The summed E-state index contributed by atoms with van der Waals surface area (Å²) in [6.07, 6.45) is 0. The van der Waals surface area contributed by atoms with Gasteiger partial charge in [-0.2, -0.15) is 0 Å². The largest absolute Gasteiger partial charge is 0.508 e. The number of fused-ring (bicyclic) bond motifs is 1. The molecule has 0 spiro atoms. The number of aliphatic hydroxyl groups excluding tert-OH is 1. The van der Waals surface area contributed by atoms with E-state index < -0.39 is 17.7 Å². The maximum absolute atomic E-state index is 13.4. The molecule has 0 saturated carbocycles. The molecule has 0 radical (unpaired) electrons. The van der Waals surface area contributed by atoms with Gasteiger partial charge in [-0.15, -0.1) is 0 Å². The van der Waals surface area contributed by atoms with E-state index in [0.29, 0.717) is 16.8 Å². The first kappa shape index (κ1) is 21.5. The van der Waals surface area contributed by atoms with Gasteiger partial charge in [-0.3, -0.25) is 14.5 Å². The van der Waals surface area contributed by atoms with E-state index in [9.17, 15) is 19.8 Å². The molecule has 0 aromatic heterocycles. The second-order valence-electron chi connectivity index (χ2n) is 8.58. The number of aliphatic hydroxyl groups is 1. The average Bonchev–Trinajstić information content (AvgIpc) is 3.10. The molecule has 0 bridgehead atoms. The molecule has 1 fully saturated rings. The first-order chi connectivity index (χ1) is 16.4. The van der Waals surface area contributed by atoms with Gasteiger partial charge in [0.1, 0.15) is 11.5 Å². The van der Waals surface area contributed by atoms with Gasteiger partial charge in [-0.1, -0.05) is 66.7 Å². The van der Waals surface area contributed by atoms with Crippen molar-refractivity contribution in [1.29, 1.82) is 0 Å². The number of ketones is 1. The number of carbonyl (C=O) groups excluding carboxylic acids is 2. The molecule has 1 unspecified atom stereocenters. The number of phenolic OH excluding ortho intramolecular Hbond substituents is 1. The number of rotatable bonds is 3. The van der Waals surface area contributed by atoms with E-state index in [4.69, 9.17) is 0 Å². The molecule has 1 heterocycles. The van der Waals surface area contributed by atoms with Crippen LogP contribution in [-0.4, -0.2) is 21.9 Å². The minimum atomic E-state index is -0.847. The zero-order chi connectivity index (χ0) is 24.0. The molecule has 1 amide bonds. The van der Waals surface area contributed by atoms with Crippen LogP contribution in [0.2, 0.25) is 0 Å². The number of carbonyl (C=O) groups is 2. The van der Waals surface area contributed by atoms with Crippen LogP contribution in [-0.2, 0) is 9.59 Å². The Labute approximate surface area is 197 Å². The first-order valence-electron chi connectivity index (χ1n) is 11.0. The van der Waals surface area contributed by atoms with Crippen LogP contribution < -0.4 is 4.90 Å². The minimum absolute atomic E-state index is 0.0212. The molecule has 5 heteroatoms. The van der Waals surface area contributed by atoms with Gasteiger partial charge in [0.05, 0.1) is 11.6 Å². The molecule has 34 heavy (non-hydrogen) atoms. The zero-order valence-electron chi connectivity index (χ0n) is 18.8. The lowest BCUT2D eigenvalue weighted by Crippen LogP contribution is -2.30. The van der Waals surface area contributed by atoms with Crippen molar-refractivity contribution in [3.05, 3.63) is 113 Å². The van der Waals surface area contributed by atoms with Crippen molar-refractivity contribution in [3.63, 3.8) is 0 Å². The van der Waals surface area contributed by atoms with Crippen molar-refractivity contribution in [3.8, 4) is 5.75 Å². The van der Waals surface area contributed by atoms with Crippen LogP contribution in [0.15, 0.2) is 90.5 Å². The van der Waals surface area contributed by atoms with Gasteiger partial charge in [-0.05, 0) is 59.5 Å². The number of aromatic hydroxyl groups is 1. The van der Waals surface area contributed by atoms with E-state index in [1.54, 1.807) is 18.2 Å². The lowest BCUT2D eigenvalue weighted by atomic mass is 9.93. The summed E-state index contributed by atoms with van der Waals surface area (Å²) in [6, 6.07) is 24.3. The van der Waals surface area contributed by atoms with E-state index >= 15 is 0 Å². The summed E-state index contributed by atoms with van der Waals surface area (Å²) in [5.41, 5.74) is 3.51. The Balaban J connectivity index is 1.80. The smallest absolute Gasteiger partial charge is 0.300 e. The number of benzene rings is 4. The fourth-order valence-electron chi connectivity index (χ4n) is 4.61. The van der Waals surface area contributed by atoms with Gasteiger partial charge in [0, 0.05) is 11.3 Å². The standard InChI is InChI=1S/C29H23NO4/c1-17-10-11-18(2)24(16-17)30-26(20-12-14-21(31)15-13-20)25(28(33)29(30)34)27(32)23-9-5-7-19-6-3-4-8-22(19)23/h3-16,26,31-32H,1-2H3/b27-25-. The summed E-state index contributed by atoms with van der Waals surface area (Å²) in [7, 11) is 0. The van der Waals surface area contributed by atoms with Crippen molar-refractivity contribution in [2.45, 2.75) is 19.9 Å². The molecule has 1 atom stereocenters. The van der Waals surface area contributed by atoms with E-state index in [1.807, 2.05) is 68.4 Å². The summed E-state index contributed by atoms with van der Waals surface area (Å²) in [4.78, 5) is 28.3. The SMILES string of the molecule is Cc1ccc(C)c(N2C(=O)C(=O)/C(=C(\O)c3cccc4ccccc34)C2c2ccc(O)cc2)c1. The minimum Gasteiger partial charge on any atom is -0.508 e. The van der Waals surface area contributed by atoms with Crippen molar-refractivity contribution in [1.82, 2.24) is 0 Å². The fourth-order valence-corrected chi connectivity index (χ4v) is 4.61. The van der Waals surface area contributed by atoms with Crippen molar-refractivity contribution in [2.75, 3.05) is 4.90 Å². The van der Waals surface area contributed by atoms with Gasteiger partial charge in [-0.25, -0.2) is 0 Å². The first-order valence-corrected chi connectivity index (χ1v) is 11.0. The molecule has 2 N–H and O–H groups in total. The molecule has 5 rings (SSSR count). The summed E-state index contributed by atoms with van der Waals surface area (Å²) in [5, 5.41) is 23.0. The van der Waals surface area contributed by atoms with Crippen molar-refractivity contribution >= 4 is 33.9 Å². The number of amides is 1. The summed E-state index contributed by atoms with van der Waals surface area (Å²) >= 11 is 0. The maximum atomic E-state index is 13.4. The topological polar surface area (TPSA) is 77.8 Å². The van der Waals surface area contributed by atoms with Gasteiger partial charge >= 0.3 is 0 Å². The molecule has 5 nitrogen and oxygen atoms in total. The van der Waals surface area contributed by atoms with Gasteiger partial charge in [0.2, 0.25) is 0 Å². The Morgan fingerprint density at radius 3 is 2.32 bits per heavy atom. The molecule has 1 aliphatic heterocycles. The molecular formula is C29H23NO4. The highest BCUT2D eigenvalue weighted by Gasteiger charge is 2.47. The van der Waals surface area contributed by atoms with E-state index in [0.717, 1.165) is 21.9 Å². The Morgan fingerprint density at radius 2 is 1.56 bits per heavy atom. The Bertz CT molecular complexity index is 1480. The van der Waals surface area contributed by atoms with Crippen molar-refractivity contribution < 1.29 is 19.8 Å². The van der Waals surface area contributed by atoms with Crippen LogP contribution in [0.1, 0.15) is 28.3 Å². The highest BCUT2D eigenvalue weighted by atomic mass is 16.3. The number of hydrogen-bond acceptors (Lipinski definition) is 4. The lowest BCUT2D eigenvalue weighted by Gasteiger charge is -2.27. The molecule has 168 valence electrons. The molecular weight excluding hydrogens is 426 g/mol. The molecule has 0 aliphatic carbocycles. The zero-order valence-corrected chi connectivity index (χ0v) is 18.8. The fraction of sp³-hybridized carbons (Fsp3) is 0.103. The van der Waals surface area contributed by atoms with Gasteiger partial charge in [0.25, 0.3) is 11.7 Å². The van der Waals surface area contributed by atoms with Crippen LogP contribution in [0.3, 0.4) is 0 Å². The van der Waals surface area contributed by atoms with Crippen LogP contribution in [0.5, 0.6) is 5.75 Å².